The van der Waals surface area contributed by atoms with Crippen LogP contribution in [-0.2, 0) is 0 Å². The molecule has 1 saturated heterocycles. The number of nitrogens with one attached hydrogen (secondary N) is 1. The topological polar surface area (TPSA) is 48.7 Å². The maximum absolute atomic E-state index is 12.6. The van der Waals surface area contributed by atoms with Gasteiger partial charge < -0.3 is 14.6 Å². The largest absolute Gasteiger partial charge is 0.468 e. The van der Waals surface area contributed by atoms with Crippen LogP contribution < -0.4 is 5.32 Å². The number of carbonyl (C=O) groups excluding carboxylic acids is 1. The average Bonchev–Trinajstić information content (AvgIpc) is 3.27. The van der Waals surface area contributed by atoms with E-state index < -0.39 is 0 Å². The summed E-state index contributed by atoms with van der Waals surface area (Å²) in [4.78, 5) is 17.9. The van der Waals surface area contributed by atoms with Crippen LogP contribution in [0, 0.1) is 0 Å². The first kappa shape index (κ1) is 16.1. The molecule has 2 amide bonds. The highest BCUT2D eigenvalue weighted by Gasteiger charge is 2.31. The van der Waals surface area contributed by atoms with Gasteiger partial charge >= 0.3 is 6.03 Å². The Bertz CT molecular complexity index is 610. The van der Waals surface area contributed by atoms with Crippen LogP contribution in [0.1, 0.15) is 35.6 Å². The molecule has 0 spiro atoms. The third-order valence-electron chi connectivity index (χ3n) is 4.33. The summed E-state index contributed by atoms with van der Waals surface area (Å²) >= 11 is 1.72. The molecule has 6 heteroatoms. The van der Waals surface area contributed by atoms with Gasteiger partial charge in [0.2, 0.25) is 0 Å². The Labute approximate surface area is 140 Å². The van der Waals surface area contributed by atoms with Crippen molar-refractivity contribution in [2.45, 2.75) is 24.9 Å². The summed E-state index contributed by atoms with van der Waals surface area (Å²) in [5, 5.41) is 5.15. The number of carbonyl (C=O) groups is 1. The van der Waals surface area contributed by atoms with Crippen molar-refractivity contribution in [1.82, 2.24) is 15.1 Å². The molecule has 3 rings (SSSR count). The Morgan fingerprint density at radius 2 is 2.35 bits per heavy atom. The van der Waals surface area contributed by atoms with E-state index in [0.717, 1.165) is 25.1 Å². The van der Waals surface area contributed by atoms with Gasteiger partial charge in [-0.3, -0.25) is 4.90 Å². The second kappa shape index (κ2) is 7.19. The van der Waals surface area contributed by atoms with Gasteiger partial charge in [0.05, 0.1) is 18.3 Å². The van der Waals surface area contributed by atoms with Gasteiger partial charge in [0, 0.05) is 18.0 Å². The lowest BCUT2D eigenvalue weighted by Gasteiger charge is -2.27. The van der Waals surface area contributed by atoms with Crippen molar-refractivity contribution in [2.75, 3.05) is 27.2 Å². The quantitative estimate of drug-likeness (QED) is 0.911. The standard InChI is InChI=1S/C17H23N3O2S/c1-19(2)14(15-7-4-10-22-15)12-18-17(21)20-9-3-6-13(20)16-8-5-11-23-16/h4-5,7-8,10-11,13-14H,3,6,9,12H2,1-2H3,(H,18,21)/t13-,14-/m1/s1. The van der Waals surface area contributed by atoms with E-state index in [1.807, 2.05) is 37.2 Å². The lowest BCUT2D eigenvalue weighted by atomic mass is 10.2. The van der Waals surface area contributed by atoms with Gasteiger partial charge in [-0.15, -0.1) is 11.3 Å². The van der Waals surface area contributed by atoms with E-state index in [2.05, 4.69) is 21.7 Å². The Balaban J connectivity index is 1.62. The number of thiophene rings is 1. The van der Waals surface area contributed by atoms with E-state index in [-0.39, 0.29) is 18.1 Å². The molecule has 1 fully saturated rings. The first-order chi connectivity index (χ1) is 11.2. The molecule has 0 bridgehead atoms. The minimum atomic E-state index is 0.0132. The number of likely N-dealkylation sites (tertiary alicyclic amines) is 1. The lowest BCUT2D eigenvalue weighted by molar-refractivity contribution is 0.185. The molecule has 0 saturated carbocycles. The van der Waals surface area contributed by atoms with Crippen LogP contribution in [0.25, 0.3) is 0 Å². The van der Waals surface area contributed by atoms with Gasteiger partial charge in [0.15, 0.2) is 0 Å². The fourth-order valence-electron chi connectivity index (χ4n) is 3.09. The van der Waals surface area contributed by atoms with Crippen molar-refractivity contribution in [2.24, 2.45) is 0 Å². The average molecular weight is 333 g/mol. The number of rotatable bonds is 5. The summed E-state index contributed by atoms with van der Waals surface area (Å²) in [5.41, 5.74) is 0. The van der Waals surface area contributed by atoms with E-state index >= 15 is 0 Å². The molecule has 23 heavy (non-hydrogen) atoms. The number of likely N-dealkylation sites (N-methyl/N-ethyl adjacent to an activating group) is 1. The van der Waals surface area contributed by atoms with Crippen molar-refractivity contribution >= 4 is 17.4 Å². The van der Waals surface area contributed by atoms with E-state index in [0.29, 0.717) is 6.54 Å². The molecule has 0 radical (unpaired) electrons. The van der Waals surface area contributed by atoms with Gasteiger partial charge in [-0.2, -0.15) is 0 Å². The van der Waals surface area contributed by atoms with Crippen molar-refractivity contribution < 1.29 is 9.21 Å². The molecular formula is C17H23N3O2S. The Morgan fingerprint density at radius 1 is 1.48 bits per heavy atom. The Kier molecular flexibility index (Phi) is 5.03. The van der Waals surface area contributed by atoms with Crippen LogP contribution in [0.15, 0.2) is 40.3 Å². The summed E-state index contributed by atoms with van der Waals surface area (Å²) in [6.45, 7) is 1.36. The smallest absolute Gasteiger partial charge is 0.318 e. The highest BCUT2D eigenvalue weighted by Crippen LogP contribution is 2.34. The summed E-state index contributed by atoms with van der Waals surface area (Å²) in [6, 6.07) is 8.26. The van der Waals surface area contributed by atoms with E-state index in [1.54, 1.807) is 17.6 Å². The van der Waals surface area contributed by atoms with Crippen LogP contribution >= 0.6 is 11.3 Å². The van der Waals surface area contributed by atoms with Crippen molar-refractivity contribution in [3.63, 3.8) is 0 Å². The fourth-order valence-corrected chi connectivity index (χ4v) is 3.96. The molecular weight excluding hydrogens is 310 g/mol. The fraction of sp³-hybridized carbons (Fsp3) is 0.471. The molecule has 3 heterocycles. The van der Waals surface area contributed by atoms with Crippen LogP contribution in [0.2, 0.25) is 0 Å². The monoisotopic (exact) mass is 333 g/mol. The van der Waals surface area contributed by atoms with Crippen molar-refractivity contribution in [1.29, 1.82) is 0 Å². The van der Waals surface area contributed by atoms with Crippen LogP contribution in [0.3, 0.4) is 0 Å². The number of hydrogen-bond donors (Lipinski definition) is 1. The molecule has 1 aliphatic heterocycles. The predicted molar refractivity (Wildman–Crippen MR) is 91.5 cm³/mol. The number of nitrogens with zero attached hydrogens (tertiary/aromatic N) is 2. The van der Waals surface area contributed by atoms with Gasteiger partial charge in [-0.05, 0) is 50.5 Å². The maximum atomic E-state index is 12.6. The SMILES string of the molecule is CN(C)[C@H](CNC(=O)N1CCC[C@@H]1c1cccs1)c1ccco1. The van der Waals surface area contributed by atoms with E-state index in [1.165, 1.54) is 4.88 Å². The molecule has 0 aliphatic carbocycles. The molecule has 2 aromatic heterocycles. The number of urea groups is 1. The molecule has 1 N–H and O–H groups in total. The van der Waals surface area contributed by atoms with Gasteiger partial charge in [-0.1, -0.05) is 6.07 Å². The third-order valence-corrected chi connectivity index (χ3v) is 5.30. The van der Waals surface area contributed by atoms with Crippen LogP contribution in [0.4, 0.5) is 4.79 Å². The zero-order chi connectivity index (χ0) is 16.2. The first-order valence-electron chi connectivity index (χ1n) is 7.94. The minimum absolute atomic E-state index is 0.0132. The maximum Gasteiger partial charge on any atom is 0.318 e. The summed E-state index contributed by atoms with van der Waals surface area (Å²) < 4.78 is 5.49. The summed E-state index contributed by atoms with van der Waals surface area (Å²) in [5.74, 6) is 0.867. The van der Waals surface area contributed by atoms with Crippen LogP contribution in [0.5, 0.6) is 0 Å². The summed E-state index contributed by atoms with van der Waals surface area (Å²) in [7, 11) is 3.98. The van der Waals surface area contributed by atoms with E-state index in [4.69, 9.17) is 4.42 Å². The zero-order valence-electron chi connectivity index (χ0n) is 13.6. The molecule has 2 atom stereocenters. The molecule has 124 valence electrons. The van der Waals surface area contributed by atoms with E-state index in [9.17, 15) is 4.79 Å². The Morgan fingerprint density at radius 3 is 3.00 bits per heavy atom. The molecule has 1 aliphatic rings. The zero-order valence-corrected chi connectivity index (χ0v) is 14.4. The van der Waals surface area contributed by atoms with Gasteiger partial charge in [0.25, 0.3) is 0 Å². The third kappa shape index (κ3) is 3.59. The second-order valence-electron chi connectivity index (χ2n) is 6.05. The number of amides is 2. The highest BCUT2D eigenvalue weighted by atomic mass is 32.1. The lowest BCUT2D eigenvalue weighted by Crippen LogP contribution is -2.42. The summed E-state index contributed by atoms with van der Waals surface area (Å²) in [6.07, 6.45) is 3.77. The second-order valence-corrected chi connectivity index (χ2v) is 7.03. The van der Waals surface area contributed by atoms with Gasteiger partial charge in [-0.25, -0.2) is 4.79 Å². The van der Waals surface area contributed by atoms with Gasteiger partial charge in [0.1, 0.15) is 5.76 Å². The predicted octanol–water partition coefficient (Wildman–Crippen LogP) is 3.49. The van der Waals surface area contributed by atoms with Crippen molar-refractivity contribution in [3.05, 3.63) is 46.5 Å². The molecule has 2 aromatic rings. The molecule has 0 unspecified atom stereocenters. The normalized spacial score (nSPS) is 19.3. The first-order valence-corrected chi connectivity index (χ1v) is 8.82. The highest BCUT2D eigenvalue weighted by molar-refractivity contribution is 7.10. The van der Waals surface area contributed by atoms with Crippen molar-refractivity contribution in [3.8, 4) is 0 Å². The minimum Gasteiger partial charge on any atom is -0.468 e. The Hall–Kier alpha value is -1.79. The molecule has 0 aromatic carbocycles. The number of hydrogen-bond acceptors (Lipinski definition) is 4. The molecule has 5 nitrogen and oxygen atoms in total. The van der Waals surface area contributed by atoms with Crippen LogP contribution in [-0.4, -0.2) is 43.0 Å². The number of furan rings is 1.